The molecule has 0 aliphatic rings. The van der Waals surface area contributed by atoms with Crippen molar-refractivity contribution in [3.8, 4) is 0 Å². The van der Waals surface area contributed by atoms with Crippen LogP contribution in [0, 0.1) is 21.6 Å². The van der Waals surface area contributed by atoms with E-state index in [-0.39, 0.29) is 11.0 Å². The Labute approximate surface area is 102 Å². The van der Waals surface area contributed by atoms with Gasteiger partial charge in [0, 0.05) is 0 Å². The van der Waals surface area contributed by atoms with Gasteiger partial charge in [0.05, 0.1) is 20.6 Å². The van der Waals surface area contributed by atoms with E-state index in [9.17, 15) is 0 Å². The lowest BCUT2D eigenvalue weighted by atomic mass is 11.8. The van der Waals surface area contributed by atoms with Crippen LogP contribution in [0.25, 0.3) is 0 Å². The molecular formula is C4H8N4S4Si. The van der Waals surface area contributed by atoms with Crippen molar-refractivity contribution < 1.29 is 0 Å². The average Bonchev–Trinajstić information content (AvgIpc) is 1.92. The van der Waals surface area contributed by atoms with Gasteiger partial charge in [0.15, 0.2) is 0 Å². The Balaban J connectivity index is -0.0000000213. The van der Waals surface area contributed by atoms with Crippen LogP contribution in [0.4, 0.5) is 0 Å². The molecule has 9 heteroatoms. The number of rotatable bonds is 0. The summed E-state index contributed by atoms with van der Waals surface area (Å²) in [5, 5.41) is 29.4. The second kappa shape index (κ2) is 106. The molecule has 4 nitrogen and oxygen atoms in total. The maximum Gasteiger partial charge on any atom is 0.0554 e. The van der Waals surface area contributed by atoms with Gasteiger partial charge in [-0.1, -0.05) is 0 Å². The lowest BCUT2D eigenvalue weighted by molar-refractivity contribution is 1.61. The molecule has 0 radical (unpaired) electrons. The van der Waals surface area contributed by atoms with E-state index in [2.05, 4.69) is 48.9 Å². The van der Waals surface area contributed by atoms with Crippen LogP contribution in [0.3, 0.4) is 0 Å². The first kappa shape index (κ1) is 29.4. The first-order chi connectivity index (χ1) is 5.66. The predicted octanol–water partition coefficient (Wildman–Crippen LogP) is 1.22. The molecule has 0 bridgehead atoms. The molecule has 4 N–H and O–H groups in total. The van der Waals surface area contributed by atoms with Crippen molar-refractivity contribution in [3.05, 3.63) is 0 Å². The number of hydrogen-bond acceptors (Lipinski definition) is 8. The zero-order valence-corrected chi connectivity index (χ0v) is 8.90. The average molecular weight is 268 g/mol. The van der Waals surface area contributed by atoms with Crippen LogP contribution < -0.4 is 0 Å². The molecule has 13 heavy (non-hydrogen) atoms. The molecule has 0 spiro atoms. The van der Waals surface area contributed by atoms with Gasteiger partial charge in [-0.25, -0.2) is 21.6 Å². The van der Waals surface area contributed by atoms with Crippen molar-refractivity contribution >= 4 is 80.5 Å². The number of nitrogens with one attached hydrogen (secondary N) is 4. The largest absolute Gasteiger partial charge is 0.248 e. The van der Waals surface area contributed by atoms with Gasteiger partial charge in [0.2, 0.25) is 0 Å². The molecule has 72 valence electrons. The summed E-state index contributed by atoms with van der Waals surface area (Å²) in [6, 6.07) is 0. The Morgan fingerprint density at radius 1 is 0.538 bits per heavy atom. The van der Waals surface area contributed by atoms with Gasteiger partial charge in [-0.15, -0.1) is 0 Å². The lowest BCUT2D eigenvalue weighted by Crippen LogP contribution is -1.03. The summed E-state index contributed by atoms with van der Waals surface area (Å²) in [7, 11) is 0. The highest BCUT2D eigenvalue weighted by molar-refractivity contribution is 7.78. The van der Waals surface area contributed by atoms with Gasteiger partial charge >= 0.3 is 0 Å². The summed E-state index contributed by atoms with van der Waals surface area (Å²) in [6.45, 7) is 0. The van der Waals surface area contributed by atoms with Gasteiger partial charge in [-0.3, -0.25) is 0 Å². The fraction of sp³-hybridized carbons (Fsp3) is 0. The fourth-order valence-corrected chi connectivity index (χ4v) is 0. The SMILES string of the molecule is N=C=S.N=C=S.N=C=S.N=C=S.[SiH4]. The highest BCUT2D eigenvalue weighted by Gasteiger charge is 0.983. The first-order valence-electron chi connectivity index (χ1n) is 1.82. The standard InChI is InChI=1S/4CHNS.H4Si/c4*2-1-3;/h4*2H;1H4. The van der Waals surface area contributed by atoms with Crippen LogP contribution in [0.2, 0.25) is 0 Å². The highest BCUT2D eigenvalue weighted by Crippen LogP contribution is 1.17. The molecule has 0 aliphatic carbocycles. The number of thiocarbonyl (C=S) groups is 4. The van der Waals surface area contributed by atoms with E-state index < -0.39 is 0 Å². The first-order valence-corrected chi connectivity index (χ1v) is 3.45. The quantitative estimate of drug-likeness (QED) is 0.302. The van der Waals surface area contributed by atoms with Crippen molar-refractivity contribution in [1.82, 2.24) is 0 Å². The zero-order chi connectivity index (χ0) is 10.8. The van der Waals surface area contributed by atoms with Gasteiger partial charge in [-0.2, -0.15) is 0 Å². The molecule has 0 aromatic heterocycles. The van der Waals surface area contributed by atoms with Gasteiger partial charge in [0.1, 0.15) is 0 Å². The summed E-state index contributed by atoms with van der Waals surface area (Å²) >= 11 is 15.2. The van der Waals surface area contributed by atoms with E-state index in [0.29, 0.717) is 0 Å². The van der Waals surface area contributed by atoms with Crippen molar-refractivity contribution in [3.63, 3.8) is 0 Å². The molecule has 0 rings (SSSR count). The summed E-state index contributed by atoms with van der Waals surface area (Å²) in [4.78, 5) is 0. The Kier molecular flexibility index (Phi) is 240. The fourth-order valence-electron chi connectivity index (χ4n) is 0. The van der Waals surface area contributed by atoms with Gasteiger partial charge < -0.3 is 0 Å². The maximum atomic E-state index is 5.77. The van der Waals surface area contributed by atoms with Crippen LogP contribution in [-0.4, -0.2) is 31.6 Å². The monoisotopic (exact) mass is 268 g/mol. The molecular weight excluding hydrogens is 260 g/mol. The van der Waals surface area contributed by atoms with E-state index in [1.54, 1.807) is 20.6 Å². The zero-order valence-electron chi connectivity index (χ0n) is 5.63. The Bertz CT molecular complexity index is 156. The van der Waals surface area contributed by atoms with E-state index >= 15 is 0 Å². The lowest BCUT2D eigenvalue weighted by Gasteiger charge is -1.05. The van der Waals surface area contributed by atoms with Gasteiger partial charge in [0.25, 0.3) is 0 Å². The van der Waals surface area contributed by atoms with Crippen molar-refractivity contribution in [2.75, 3.05) is 0 Å². The third-order valence-corrected chi connectivity index (χ3v) is 0. The third-order valence-electron chi connectivity index (χ3n) is 0. The Morgan fingerprint density at radius 3 is 0.538 bits per heavy atom. The molecule has 0 aliphatic heterocycles. The molecule has 0 fully saturated rings. The number of isothiocyanates is 4. The van der Waals surface area contributed by atoms with E-state index in [1.807, 2.05) is 0 Å². The molecule has 0 saturated heterocycles. The second-order valence-electron chi connectivity index (χ2n) is 0.408. The topological polar surface area (TPSA) is 95.4 Å². The summed E-state index contributed by atoms with van der Waals surface area (Å²) in [5.41, 5.74) is 0. The third kappa shape index (κ3) is 2980. The van der Waals surface area contributed by atoms with E-state index in [4.69, 9.17) is 21.6 Å². The minimum absolute atomic E-state index is 0. The Hall–Kier alpha value is -0.583. The molecule has 0 unspecified atom stereocenters. The van der Waals surface area contributed by atoms with Crippen LogP contribution in [0.5, 0.6) is 0 Å². The molecule has 0 aromatic rings. The van der Waals surface area contributed by atoms with Crippen molar-refractivity contribution in [2.45, 2.75) is 0 Å². The molecule has 0 heterocycles. The smallest absolute Gasteiger partial charge is 0.0554 e. The molecule has 0 aromatic carbocycles. The minimum Gasteiger partial charge on any atom is -0.248 e. The summed E-state index contributed by atoms with van der Waals surface area (Å²) in [5.74, 6) is 0. The normalized spacial score (nSPS) is 2.46. The Morgan fingerprint density at radius 2 is 0.538 bits per heavy atom. The van der Waals surface area contributed by atoms with E-state index in [1.165, 1.54) is 0 Å². The minimum atomic E-state index is 0. The van der Waals surface area contributed by atoms with Crippen LogP contribution in [0.1, 0.15) is 0 Å². The van der Waals surface area contributed by atoms with Gasteiger partial charge in [-0.05, 0) is 59.8 Å². The number of hydrogen-bond donors (Lipinski definition) is 4. The van der Waals surface area contributed by atoms with Crippen LogP contribution in [-0.2, 0) is 0 Å². The van der Waals surface area contributed by atoms with Crippen molar-refractivity contribution in [2.24, 2.45) is 0 Å². The van der Waals surface area contributed by atoms with Crippen LogP contribution >= 0.6 is 48.9 Å². The van der Waals surface area contributed by atoms with Crippen LogP contribution in [0.15, 0.2) is 0 Å². The molecule has 0 amide bonds. The second-order valence-corrected chi connectivity index (χ2v) is 1.22. The maximum absolute atomic E-state index is 5.77. The van der Waals surface area contributed by atoms with Crippen molar-refractivity contribution in [1.29, 1.82) is 21.6 Å². The predicted molar refractivity (Wildman–Crippen MR) is 72.6 cm³/mol. The summed E-state index contributed by atoms with van der Waals surface area (Å²) in [6.07, 6.45) is 0. The highest BCUT2D eigenvalue weighted by atomic mass is 32.1. The summed E-state index contributed by atoms with van der Waals surface area (Å²) < 4.78 is 0. The molecule has 0 saturated carbocycles. The van der Waals surface area contributed by atoms with E-state index in [0.717, 1.165) is 0 Å². The molecule has 0 atom stereocenters.